The maximum Gasteiger partial charge on any atom is 0.258 e. The smallest absolute Gasteiger partial charge is 0.258 e. The summed E-state index contributed by atoms with van der Waals surface area (Å²) < 4.78 is 1.84. The minimum absolute atomic E-state index is 0.128. The molecule has 0 unspecified atom stereocenters. The second-order valence-corrected chi connectivity index (χ2v) is 11.0. The minimum atomic E-state index is -0.128. The third-order valence-electron chi connectivity index (χ3n) is 6.71. The van der Waals surface area contributed by atoms with Crippen LogP contribution in [0.3, 0.4) is 0 Å². The first-order valence-electron chi connectivity index (χ1n) is 11.5. The SMILES string of the molecule is Cc1c(N2CCC[C@H](Nc3nc4c(I)c[nH]c(=O)c4c4cc(Br)ccc34)C2)nnc2ccccc12. The Labute approximate surface area is 223 Å². The lowest BCUT2D eigenvalue weighted by Gasteiger charge is -2.35. The van der Waals surface area contributed by atoms with Gasteiger partial charge in [0, 0.05) is 51.5 Å². The molecule has 2 N–H and O–H groups in total. The fraction of sp³-hybridized carbons (Fsp3) is 0.231. The number of rotatable bonds is 3. The molecule has 3 aromatic heterocycles. The molecule has 0 amide bonds. The van der Waals surface area contributed by atoms with Crippen molar-refractivity contribution in [2.75, 3.05) is 23.3 Å². The number of anilines is 2. The Morgan fingerprint density at radius 2 is 2.00 bits per heavy atom. The lowest BCUT2D eigenvalue weighted by molar-refractivity contribution is 0.524. The maximum atomic E-state index is 12.7. The van der Waals surface area contributed by atoms with Gasteiger partial charge in [0.1, 0.15) is 5.82 Å². The number of hydrogen-bond donors (Lipinski definition) is 2. The second-order valence-electron chi connectivity index (χ2n) is 8.93. The molecule has 7 nitrogen and oxygen atoms in total. The van der Waals surface area contributed by atoms with E-state index in [0.29, 0.717) is 10.9 Å². The summed E-state index contributed by atoms with van der Waals surface area (Å²) in [4.78, 5) is 22.8. The molecule has 0 bridgehead atoms. The van der Waals surface area contributed by atoms with Gasteiger partial charge in [-0.1, -0.05) is 34.1 Å². The van der Waals surface area contributed by atoms with E-state index in [1.165, 1.54) is 0 Å². The summed E-state index contributed by atoms with van der Waals surface area (Å²) in [5, 5.41) is 16.3. The highest BCUT2D eigenvalue weighted by Crippen LogP contribution is 2.33. The zero-order valence-electron chi connectivity index (χ0n) is 19.0. The Balaban J connectivity index is 1.38. The van der Waals surface area contributed by atoms with Crippen molar-refractivity contribution in [2.45, 2.75) is 25.8 Å². The van der Waals surface area contributed by atoms with Crippen LogP contribution in [-0.4, -0.2) is 39.3 Å². The number of H-pyrrole nitrogens is 1. The Kier molecular flexibility index (Phi) is 5.84. The maximum absolute atomic E-state index is 12.7. The molecule has 1 fully saturated rings. The molecule has 0 radical (unpaired) electrons. The molecule has 1 aliphatic rings. The van der Waals surface area contributed by atoms with E-state index in [9.17, 15) is 4.79 Å². The van der Waals surface area contributed by atoms with Crippen molar-refractivity contribution in [3.05, 3.63) is 72.6 Å². The number of aryl methyl sites for hydroxylation is 1. The molecular formula is C26H22BrIN6O. The van der Waals surface area contributed by atoms with Crippen LogP contribution in [0.1, 0.15) is 18.4 Å². The van der Waals surface area contributed by atoms with Crippen molar-refractivity contribution in [3.63, 3.8) is 0 Å². The summed E-state index contributed by atoms with van der Waals surface area (Å²) >= 11 is 5.80. The summed E-state index contributed by atoms with van der Waals surface area (Å²) in [7, 11) is 0. The van der Waals surface area contributed by atoms with Gasteiger partial charge in [-0.2, -0.15) is 0 Å². The van der Waals surface area contributed by atoms with Crippen molar-refractivity contribution in [2.24, 2.45) is 0 Å². The van der Waals surface area contributed by atoms with Gasteiger partial charge in [-0.05, 0) is 66.6 Å². The molecule has 0 aliphatic carbocycles. The third kappa shape index (κ3) is 4.04. The van der Waals surface area contributed by atoms with Gasteiger partial charge in [-0.3, -0.25) is 4.79 Å². The Bertz CT molecular complexity index is 1670. The summed E-state index contributed by atoms with van der Waals surface area (Å²) in [5.41, 5.74) is 2.66. The van der Waals surface area contributed by atoms with E-state index >= 15 is 0 Å². The lowest BCUT2D eigenvalue weighted by atomic mass is 10.0. The number of benzene rings is 2. The molecule has 1 saturated heterocycles. The quantitative estimate of drug-likeness (QED) is 0.192. The first-order chi connectivity index (χ1) is 17.0. The fourth-order valence-corrected chi connectivity index (χ4v) is 5.93. The number of aromatic amines is 1. The summed E-state index contributed by atoms with van der Waals surface area (Å²) in [5.74, 6) is 1.74. The molecule has 5 aromatic rings. The highest BCUT2D eigenvalue weighted by molar-refractivity contribution is 14.1. The molecule has 176 valence electrons. The zero-order chi connectivity index (χ0) is 24.1. The van der Waals surface area contributed by atoms with Crippen LogP contribution in [0, 0.1) is 10.5 Å². The molecule has 35 heavy (non-hydrogen) atoms. The molecule has 0 saturated carbocycles. The highest BCUT2D eigenvalue weighted by atomic mass is 127. The van der Waals surface area contributed by atoms with Gasteiger partial charge >= 0.3 is 0 Å². The number of aromatic nitrogens is 4. The van der Waals surface area contributed by atoms with Gasteiger partial charge in [-0.25, -0.2) is 4.98 Å². The van der Waals surface area contributed by atoms with Gasteiger partial charge in [0.25, 0.3) is 5.56 Å². The number of nitrogens with one attached hydrogen (secondary N) is 2. The largest absolute Gasteiger partial charge is 0.365 e. The van der Waals surface area contributed by atoms with E-state index in [1.54, 1.807) is 6.20 Å². The molecule has 2 aromatic carbocycles. The van der Waals surface area contributed by atoms with Crippen LogP contribution in [0.4, 0.5) is 11.6 Å². The van der Waals surface area contributed by atoms with Crippen LogP contribution >= 0.6 is 38.5 Å². The summed E-state index contributed by atoms with van der Waals surface area (Å²) in [6.07, 6.45) is 3.79. The predicted molar refractivity (Wildman–Crippen MR) is 153 cm³/mol. The predicted octanol–water partition coefficient (Wildman–Crippen LogP) is 5.78. The van der Waals surface area contributed by atoms with Crippen LogP contribution in [0.15, 0.2) is 57.9 Å². The summed E-state index contributed by atoms with van der Waals surface area (Å²) in [6.45, 7) is 3.87. The van der Waals surface area contributed by atoms with E-state index in [4.69, 9.17) is 4.98 Å². The third-order valence-corrected chi connectivity index (χ3v) is 8.02. The second kappa shape index (κ2) is 9.02. The van der Waals surface area contributed by atoms with Crippen molar-refractivity contribution in [1.82, 2.24) is 20.2 Å². The van der Waals surface area contributed by atoms with Gasteiger partial charge in [-0.15, -0.1) is 10.2 Å². The van der Waals surface area contributed by atoms with Crippen LogP contribution < -0.4 is 15.8 Å². The summed E-state index contributed by atoms with van der Waals surface area (Å²) in [6, 6.07) is 14.3. The zero-order valence-corrected chi connectivity index (χ0v) is 22.7. The molecule has 0 spiro atoms. The number of halogens is 2. The van der Waals surface area contributed by atoms with Gasteiger partial charge in [0.05, 0.1) is 20.0 Å². The average Bonchev–Trinajstić information content (AvgIpc) is 2.86. The van der Waals surface area contributed by atoms with Crippen molar-refractivity contribution >= 4 is 82.7 Å². The van der Waals surface area contributed by atoms with Crippen LogP contribution in [0.2, 0.25) is 0 Å². The Morgan fingerprint density at radius 1 is 1.14 bits per heavy atom. The average molecular weight is 641 g/mol. The minimum Gasteiger partial charge on any atom is -0.365 e. The lowest BCUT2D eigenvalue weighted by Crippen LogP contribution is -2.43. The standard InChI is InChI=1S/C26H22BrIN6O/c1-14-17-6-2-3-7-21(17)32-33-25(14)34-10-4-5-16(13-34)30-24-18-9-8-15(27)11-19(18)22-23(31-24)20(28)12-29-26(22)35/h2-3,6-9,11-12,16H,4-5,10,13H2,1H3,(H,29,35)(H,30,31)/t16-/m0/s1. The first-order valence-corrected chi connectivity index (χ1v) is 13.4. The van der Waals surface area contributed by atoms with Crippen LogP contribution in [0.5, 0.6) is 0 Å². The number of pyridine rings is 2. The van der Waals surface area contributed by atoms with E-state index in [1.807, 2.05) is 36.4 Å². The van der Waals surface area contributed by atoms with Crippen LogP contribution in [-0.2, 0) is 0 Å². The van der Waals surface area contributed by atoms with E-state index < -0.39 is 0 Å². The first kappa shape index (κ1) is 22.7. The van der Waals surface area contributed by atoms with Crippen molar-refractivity contribution in [3.8, 4) is 0 Å². The molecule has 1 aliphatic heterocycles. The number of nitrogens with zero attached hydrogens (tertiary/aromatic N) is 4. The van der Waals surface area contributed by atoms with Gasteiger partial charge in [0.15, 0.2) is 5.82 Å². The topological polar surface area (TPSA) is 86.8 Å². The fourth-order valence-electron chi connectivity index (χ4n) is 5.02. The van der Waals surface area contributed by atoms with E-state index in [2.05, 4.69) is 76.9 Å². The number of piperidine rings is 1. The van der Waals surface area contributed by atoms with E-state index in [-0.39, 0.29) is 11.6 Å². The van der Waals surface area contributed by atoms with Gasteiger partial charge in [0.2, 0.25) is 0 Å². The van der Waals surface area contributed by atoms with Crippen LogP contribution in [0.25, 0.3) is 32.6 Å². The normalized spacial score (nSPS) is 16.3. The molecule has 6 rings (SSSR count). The van der Waals surface area contributed by atoms with Crippen molar-refractivity contribution in [1.29, 1.82) is 0 Å². The number of fused-ring (bicyclic) bond motifs is 4. The molecule has 4 heterocycles. The molecule has 9 heteroatoms. The molecular weight excluding hydrogens is 619 g/mol. The number of hydrogen-bond acceptors (Lipinski definition) is 6. The van der Waals surface area contributed by atoms with Crippen molar-refractivity contribution < 1.29 is 0 Å². The Hall–Kier alpha value is -2.79. The highest BCUT2D eigenvalue weighted by Gasteiger charge is 2.24. The molecule has 1 atom stereocenters. The Morgan fingerprint density at radius 3 is 2.89 bits per heavy atom. The van der Waals surface area contributed by atoms with E-state index in [0.717, 1.165) is 72.8 Å². The monoisotopic (exact) mass is 640 g/mol. The van der Waals surface area contributed by atoms with Gasteiger partial charge < -0.3 is 15.2 Å².